The number of ketones is 1. The van der Waals surface area contributed by atoms with E-state index < -0.39 is 6.04 Å². The van der Waals surface area contributed by atoms with Crippen LogP contribution in [0.25, 0.3) is 0 Å². The van der Waals surface area contributed by atoms with Crippen LogP contribution in [0.3, 0.4) is 0 Å². The van der Waals surface area contributed by atoms with E-state index in [2.05, 4.69) is 10.3 Å². The maximum absolute atomic E-state index is 11.5. The first kappa shape index (κ1) is 10.4. The fourth-order valence-corrected chi connectivity index (χ4v) is 0.879. The molecule has 0 saturated heterocycles. The smallest absolute Gasteiger partial charge is 0.253 e. The van der Waals surface area contributed by atoms with Crippen molar-refractivity contribution in [1.82, 2.24) is 10.3 Å². The van der Waals surface area contributed by atoms with Gasteiger partial charge in [-0.3, -0.25) is 14.6 Å². The topological polar surface area (TPSA) is 59.1 Å². The van der Waals surface area contributed by atoms with Gasteiger partial charge in [-0.15, -0.1) is 0 Å². The van der Waals surface area contributed by atoms with Gasteiger partial charge in [-0.25, -0.2) is 0 Å². The second-order valence-corrected chi connectivity index (χ2v) is 3.05. The molecule has 4 heteroatoms. The first-order chi connectivity index (χ1) is 6.61. The van der Waals surface area contributed by atoms with Crippen molar-refractivity contribution < 1.29 is 9.59 Å². The van der Waals surface area contributed by atoms with Gasteiger partial charge in [0.05, 0.1) is 11.6 Å². The summed E-state index contributed by atoms with van der Waals surface area (Å²) in [5.41, 5.74) is 0.459. The number of pyridine rings is 1. The van der Waals surface area contributed by atoms with E-state index in [1.807, 2.05) is 0 Å². The van der Waals surface area contributed by atoms with E-state index in [-0.39, 0.29) is 11.7 Å². The quantitative estimate of drug-likeness (QED) is 0.770. The summed E-state index contributed by atoms with van der Waals surface area (Å²) >= 11 is 0. The van der Waals surface area contributed by atoms with Gasteiger partial charge < -0.3 is 5.32 Å². The average molecular weight is 192 g/mol. The van der Waals surface area contributed by atoms with Crippen LogP contribution in [0.2, 0.25) is 0 Å². The van der Waals surface area contributed by atoms with Crippen LogP contribution in [-0.2, 0) is 4.79 Å². The Morgan fingerprint density at radius 3 is 2.71 bits per heavy atom. The van der Waals surface area contributed by atoms with Gasteiger partial charge in [-0.1, -0.05) is 0 Å². The molecular weight excluding hydrogens is 180 g/mol. The van der Waals surface area contributed by atoms with Crippen LogP contribution in [0, 0.1) is 0 Å². The maximum Gasteiger partial charge on any atom is 0.253 e. The van der Waals surface area contributed by atoms with Crippen LogP contribution in [0.1, 0.15) is 24.2 Å². The monoisotopic (exact) mass is 192 g/mol. The largest absolute Gasteiger partial charge is 0.342 e. The summed E-state index contributed by atoms with van der Waals surface area (Å²) < 4.78 is 0. The lowest BCUT2D eigenvalue weighted by atomic mass is 10.2. The van der Waals surface area contributed by atoms with Crippen molar-refractivity contribution >= 4 is 11.7 Å². The molecule has 0 fully saturated rings. The van der Waals surface area contributed by atoms with Crippen LogP contribution in [0.4, 0.5) is 0 Å². The number of aromatic nitrogens is 1. The second-order valence-electron chi connectivity index (χ2n) is 3.05. The highest BCUT2D eigenvalue weighted by Crippen LogP contribution is 1.96. The Labute approximate surface area is 82.3 Å². The molecule has 1 rings (SSSR count). The number of amides is 1. The molecule has 1 aromatic rings. The number of nitrogens with zero attached hydrogens (tertiary/aromatic N) is 1. The van der Waals surface area contributed by atoms with Crippen LogP contribution >= 0.6 is 0 Å². The predicted molar refractivity (Wildman–Crippen MR) is 51.8 cm³/mol. The van der Waals surface area contributed by atoms with Gasteiger partial charge in [0.15, 0.2) is 5.78 Å². The van der Waals surface area contributed by atoms with Gasteiger partial charge in [0.1, 0.15) is 0 Å². The highest BCUT2D eigenvalue weighted by Gasteiger charge is 2.12. The van der Waals surface area contributed by atoms with Crippen molar-refractivity contribution in [2.24, 2.45) is 0 Å². The fraction of sp³-hybridized carbons (Fsp3) is 0.300. The lowest BCUT2D eigenvalue weighted by Crippen LogP contribution is -2.37. The molecule has 4 nitrogen and oxygen atoms in total. The third kappa shape index (κ3) is 2.65. The zero-order valence-electron chi connectivity index (χ0n) is 8.15. The van der Waals surface area contributed by atoms with E-state index in [0.717, 1.165) is 0 Å². The summed E-state index contributed by atoms with van der Waals surface area (Å²) in [6.07, 6.45) is 3.05. The Bertz CT molecular complexity index is 335. The number of nitrogens with one attached hydrogen (secondary N) is 1. The van der Waals surface area contributed by atoms with Crippen molar-refractivity contribution in [2.75, 3.05) is 0 Å². The van der Waals surface area contributed by atoms with E-state index in [4.69, 9.17) is 0 Å². The Hall–Kier alpha value is -1.71. The molecule has 1 N–H and O–H groups in total. The van der Waals surface area contributed by atoms with E-state index >= 15 is 0 Å². The predicted octanol–water partition coefficient (Wildman–Crippen LogP) is 0.789. The van der Waals surface area contributed by atoms with Gasteiger partial charge in [0.2, 0.25) is 0 Å². The van der Waals surface area contributed by atoms with Crippen molar-refractivity contribution in [3.05, 3.63) is 30.1 Å². The van der Waals surface area contributed by atoms with E-state index in [0.29, 0.717) is 5.56 Å². The third-order valence-electron chi connectivity index (χ3n) is 1.88. The maximum atomic E-state index is 11.5. The number of carbonyl (C=O) groups excluding carboxylic acids is 2. The summed E-state index contributed by atoms with van der Waals surface area (Å²) in [6, 6.07) is 2.87. The lowest BCUT2D eigenvalue weighted by molar-refractivity contribution is -0.118. The first-order valence-corrected chi connectivity index (χ1v) is 4.32. The third-order valence-corrected chi connectivity index (χ3v) is 1.88. The van der Waals surface area contributed by atoms with Crippen molar-refractivity contribution in [3.63, 3.8) is 0 Å². The molecule has 1 atom stereocenters. The number of hydrogen-bond acceptors (Lipinski definition) is 3. The Kier molecular flexibility index (Phi) is 3.34. The molecular formula is C10H12N2O2. The zero-order chi connectivity index (χ0) is 10.6. The Morgan fingerprint density at radius 1 is 1.50 bits per heavy atom. The van der Waals surface area contributed by atoms with Gasteiger partial charge in [0, 0.05) is 12.4 Å². The molecule has 74 valence electrons. The molecule has 0 aliphatic heterocycles. The molecule has 0 bridgehead atoms. The van der Waals surface area contributed by atoms with E-state index in [1.165, 1.54) is 13.1 Å². The van der Waals surface area contributed by atoms with Crippen molar-refractivity contribution in [3.8, 4) is 0 Å². The molecule has 1 unspecified atom stereocenters. The van der Waals surface area contributed by atoms with Crippen LogP contribution in [-0.4, -0.2) is 22.7 Å². The molecule has 0 aliphatic rings. The van der Waals surface area contributed by atoms with E-state index in [9.17, 15) is 9.59 Å². The highest BCUT2D eigenvalue weighted by atomic mass is 16.2. The minimum absolute atomic E-state index is 0.0674. The van der Waals surface area contributed by atoms with Gasteiger partial charge in [0.25, 0.3) is 5.91 Å². The molecule has 1 heterocycles. The average Bonchev–Trinajstić information content (AvgIpc) is 2.19. The van der Waals surface area contributed by atoms with Gasteiger partial charge >= 0.3 is 0 Å². The Balaban J connectivity index is 2.64. The summed E-state index contributed by atoms with van der Waals surface area (Å²) in [4.78, 5) is 26.1. The number of carbonyl (C=O) groups is 2. The minimum atomic E-state index is -0.456. The van der Waals surface area contributed by atoms with Crippen LogP contribution in [0.15, 0.2) is 24.5 Å². The van der Waals surface area contributed by atoms with Crippen LogP contribution in [0.5, 0.6) is 0 Å². The molecule has 0 spiro atoms. The first-order valence-electron chi connectivity index (χ1n) is 4.32. The number of hydrogen-bond donors (Lipinski definition) is 1. The highest BCUT2D eigenvalue weighted by molar-refractivity contribution is 5.97. The molecule has 0 aliphatic carbocycles. The lowest BCUT2D eigenvalue weighted by Gasteiger charge is -2.09. The second kappa shape index (κ2) is 4.50. The molecule has 0 aromatic carbocycles. The van der Waals surface area contributed by atoms with Crippen molar-refractivity contribution in [1.29, 1.82) is 0 Å². The summed E-state index contributed by atoms with van der Waals surface area (Å²) in [5, 5.41) is 2.57. The summed E-state index contributed by atoms with van der Waals surface area (Å²) in [7, 11) is 0. The van der Waals surface area contributed by atoms with Crippen molar-refractivity contribution in [2.45, 2.75) is 19.9 Å². The normalized spacial score (nSPS) is 11.9. The fourth-order valence-electron chi connectivity index (χ4n) is 0.879. The SMILES string of the molecule is CC(=O)C(C)NC(=O)c1cccnc1. The molecule has 0 saturated carbocycles. The molecule has 0 radical (unpaired) electrons. The standard InChI is InChI=1S/C10H12N2O2/c1-7(8(2)13)12-10(14)9-4-3-5-11-6-9/h3-7H,1-2H3,(H,12,14). The molecule has 1 aromatic heterocycles. The van der Waals surface area contributed by atoms with Gasteiger partial charge in [-0.05, 0) is 26.0 Å². The Morgan fingerprint density at radius 2 is 2.21 bits per heavy atom. The number of rotatable bonds is 3. The van der Waals surface area contributed by atoms with Crippen LogP contribution < -0.4 is 5.32 Å². The summed E-state index contributed by atoms with van der Waals surface area (Å²) in [6.45, 7) is 3.09. The zero-order valence-corrected chi connectivity index (χ0v) is 8.15. The van der Waals surface area contributed by atoms with E-state index in [1.54, 1.807) is 25.3 Å². The number of Topliss-reactive ketones (excluding diaryl/α,β-unsaturated/α-hetero) is 1. The molecule has 1 amide bonds. The van der Waals surface area contributed by atoms with Gasteiger partial charge in [-0.2, -0.15) is 0 Å². The molecule has 14 heavy (non-hydrogen) atoms. The minimum Gasteiger partial charge on any atom is -0.342 e. The summed E-state index contributed by atoms with van der Waals surface area (Å²) in [5.74, 6) is -0.344.